The van der Waals surface area contributed by atoms with Crippen LogP contribution in [0.2, 0.25) is 22.2 Å². The minimum Gasteiger partial charge on any atom is -0.414 e. The molecule has 0 aromatic rings. The van der Waals surface area contributed by atoms with Gasteiger partial charge in [-0.1, -0.05) is 55.4 Å². The normalized spacial score (nSPS) is 14.5. The van der Waals surface area contributed by atoms with Crippen molar-refractivity contribution >= 4 is 17.1 Å². The van der Waals surface area contributed by atoms with Gasteiger partial charge in [-0.05, 0) is 22.2 Å². The summed E-state index contributed by atoms with van der Waals surface area (Å²) in [4.78, 5) is 21.6. The van der Waals surface area contributed by atoms with Crippen LogP contribution in [0.1, 0.15) is 55.4 Å². The molecule has 0 heterocycles. The van der Waals surface area contributed by atoms with E-state index >= 15 is 0 Å². The molecule has 0 unspecified atom stereocenters. The SMILES string of the molecule is CC(C)[Si](O)(O[Si](O)(C(C)C)C(C)C)C(C)C. The lowest BCUT2D eigenvalue weighted by molar-refractivity contribution is 0.261. The van der Waals surface area contributed by atoms with Crippen molar-refractivity contribution in [3.8, 4) is 0 Å². The van der Waals surface area contributed by atoms with Gasteiger partial charge < -0.3 is 13.7 Å². The first-order valence-electron chi connectivity index (χ1n) is 6.63. The van der Waals surface area contributed by atoms with E-state index < -0.39 is 17.1 Å². The van der Waals surface area contributed by atoms with Gasteiger partial charge in [0, 0.05) is 0 Å². The maximum atomic E-state index is 10.8. The lowest BCUT2D eigenvalue weighted by Gasteiger charge is -2.42. The first kappa shape index (κ1) is 17.3. The Morgan fingerprint density at radius 3 is 0.882 bits per heavy atom. The van der Waals surface area contributed by atoms with E-state index in [0.717, 1.165) is 0 Å². The molecule has 0 aromatic carbocycles. The predicted octanol–water partition coefficient (Wildman–Crippen LogP) is 3.51. The number of hydrogen-bond donors (Lipinski definition) is 2. The van der Waals surface area contributed by atoms with Crippen molar-refractivity contribution in [1.82, 2.24) is 0 Å². The highest BCUT2D eigenvalue weighted by molar-refractivity contribution is 6.82. The molecule has 0 atom stereocenters. The molecule has 5 heteroatoms. The fourth-order valence-corrected chi connectivity index (χ4v) is 10.6. The Morgan fingerprint density at radius 1 is 0.588 bits per heavy atom. The summed E-state index contributed by atoms with van der Waals surface area (Å²) in [5, 5.41) is 0. The zero-order chi connectivity index (χ0) is 14.0. The quantitative estimate of drug-likeness (QED) is 0.731. The summed E-state index contributed by atoms with van der Waals surface area (Å²) in [6, 6.07) is 0. The van der Waals surface area contributed by atoms with Crippen molar-refractivity contribution in [3.05, 3.63) is 0 Å². The van der Waals surface area contributed by atoms with Gasteiger partial charge in [-0.15, -0.1) is 0 Å². The van der Waals surface area contributed by atoms with E-state index in [-0.39, 0.29) is 22.2 Å². The molecule has 0 saturated heterocycles. The summed E-state index contributed by atoms with van der Waals surface area (Å²) >= 11 is 0. The molecule has 0 aliphatic carbocycles. The Morgan fingerprint density at radius 2 is 0.765 bits per heavy atom. The first-order chi connectivity index (χ1) is 7.48. The minimum atomic E-state index is -2.85. The maximum Gasteiger partial charge on any atom is 0.331 e. The summed E-state index contributed by atoms with van der Waals surface area (Å²) in [5.41, 5.74) is 0.385. The van der Waals surface area contributed by atoms with E-state index in [9.17, 15) is 9.59 Å². The lowest BCUT2D eigenvalue weighted by Crippen LogP contribution is -2.58. The smallest absolute Gasteiger partial charge is 0.331 e. The largest absolute Gasteiger partial charge is 0.414 e. The molecule has 0 aliphatic rings. The summed E-state index contributed by atoms with van der Waals surface area (Å²) in [5.74, 6) is 0. The van der Waals surface area contributed by atoms with E-state index in [2.05, 4.69) is 0 Å². The van der Waals surface area contributed by atoms with Crippen LogP contribution in [0.3, 0.4) is 0 Å². The second kappa shape index (κ2) is 5.97. The van der Waals surface area contributed by atoms with E-state index in [1.807, 2.05) is 55.4 Å². The van der Waals surface area contributed by atoms with E-state index in [1.165, 1.54) is 0 Å². The maximum absolute atomic E-state index is 10.8. The Bertz CT molecular complexity index is 200. The van der Waals surface area contributed by atoms with Crippen LogP contribution in [0.4, 0.5) is 0 Å². The molecular weight excluding hydrogens is 248 g/mol. The monoisotopic (exact) mass is 278 g/mol. The molecule has 0 aromatic heterocycles. The highest BCUT2D eigenvalue weighted by Crippen LogP contribution is 2.39. The molecule has 3 nitrogen and oxygen atoms in total. The Balaban J connectivity index is 5.22. The van der Waals surface area contributed by atoms with Crippen LogP contribution in [0, 0.1) is 0 Å². The molecule has 104 valence electrons. The third-order valence-electron chi connectivity index (χ3n) is 3.64. The zero-order valence-corrected chi connectivity index (χ0v) is 14.6. The molecule has 0 bridgehead atoms. The van der Waals surface area contributed by atoms with Crippen LogP contribution in [0.5, 0.6) is 0 Å². The predicted molar refractivity (Wildman–Crippen MR) is 77.4 cm³/mol. The van der Waals surface area contributed by atoms with Gasteiger partial charge in [0.2, 0.25) is 0 Å². The molecule has 0 rings (SSSR count). The summed E-state index contributed by atoms with van der Waals surface area (Å²) in [6.07, 6.45) is 0. The molecular formula is C12H30O3Si2. The first-order valence-corrected chi connectivity index (χ1v) is 10.6. The molecule has 0 amide bonds. The van der Waals surface area contributed by atoms with Gasteiger partial charge in [-0.3, -0.25) is 0 Å². The van der Waals surface area contributed by atoms with Crippen LogP contribution in [-0.2, 0) is 4.12 Å². The van der Waals surface area contributed by atoms with Crippen molar-refractivity contribution in [2.45, 2.75) is 77.6 Å². The lowest BCUT2D eigenvalue weighted by atomic mass is 10.5. The average Bonchev–Trinajstić information content (AvgIpc) is 2.15. The van der Waals surface area contributed by atoms with Gasteiger partial charge in [-0.2, -0.15) is 0 Å². The van der Waals surface area contributed by atoms with Gasteiger partial charge in [0.25, 0.3) is 0 Å². The highest BCUT2D eigenvalue weighted by atomic mass is 28.5. The Kier molecular flexibility index (Phi) is 6.08. The molecule has 0 saturated carbocycles. The van der Waals surface area contributed by atoms with Crippen molar-refractivity contribution in [3.63, 3.8) is 0 Å². The van der Waals surface area contributed by atoms with Crippen molar-refractivity contribution in [2.75, 3.05) is 0 Å². The Labute approximate surface area is 109 Å². The summed E-state index contributed by atoms with van der Waals surface area (Å²) in [6.45, 7) is 15.9. The van der Waals surface area contributed by atoms with E-state index in [1.54, 1.807) is 0 Å². The number of rotatable bonds is 6. The van der Waals surface area contributed by atoms with Crippen LogP contribution in [-0.4, -0.2) is 26.7 Å². The molecule has 17 heavy (non-hydrogen) atoms. The van der Waals surface area contributed by atoms with Crippen LogP contribution in [0.15, 0.2) is 0 Å². The second-order valence-electron chi connectivity index (χ2n) is 6.22. The molecule has 0 fully saturated rings. The second-order valence-corrected chi connectivity index (χ2v) is 14.7. The zero-order valence-electron chi connectivity index (χ0n) is 12.6. The fraction of sp³-hybridized carbons (Fsp3) is 1.00. The van der Waals surface area contributed by atoms with Crippen LogP contribution < -0.4 is 0 Å². The fourth-order valence-electron chi connectivity index (χ4n) is 2.07. The summed E-state index contributed by atoms with van der Waals surface area (Å²) in [7, 11) is -5.71. The minimum absolute atomic E-state index is 0.0963. The Hall–Kier alpha value is 0.314. The molecule has 0 radical (unpaired) electrons. The topological polar surface area (TPSA) is 49.7 Å². The van der Waals surface area contributed by atoms with Crippen molar-refractivity contribution in [2.24, 2.45) is 0 Å². The van der Waals surface area contributed by atoms with Gasteiger partial charge in [0.05, 0.1) is 0 Å². The van der Waals surface area contributed by atoms with Crippen molar-refractivity contribution < 1.29 is 13.7 Å². The van der Waals surface area contributed by atoms with E-state index in [4.69, 9.17) is 4.12 Å². The third kappa shape index (κ3) is 3.64. The van der Waals surface area contributed by atoms with Gasteiger partial charge >= 0.3 is 17.1 Å². The third-order valence-corrected chi connectivity index (χ3v) is 12.9. The number of hydrogen-bond acceptors (Lipinski definition) is 3. The standard InChI is InChI=1S/C12H30O3Si2/c1-9(2)16(13,10(3)4)15-17(14,11(5)6)12(7)8/h9-14H,1-8H3. The van der Waals surface area contributed by atoms with Crippen molar-refractivity contribution in [1.29, 1.82) is 0 Å². The van der Waals surface area contributed by atoms with Gasteiger partial charge in [0.15, 0.2) is 0 Å². The molecule has 0 aliphatic heterocycles. The van der Waals surface area contributed by atoms with Crippen LogP contribution >= 0.6 is 0 Å². The van der Waals surface area contributed by atoms with E-state index in [0.29, 0.717) is 0 Å². The molecule has 0 spiro atoms. The van der Waals surface area contributed by atoms with Crippen LogP contribution in [0.25, 0.3) is 0 Å². The van der Waals surface area contributed by atoms with Gasteiger partial charge in [0.1, 0.15) is 0 Å². The summed E-state index contributed by atoms with van der Waals surface area (Å²) < 4.78 is 6.06. The molecule has 2 N–H and O–H groups in total. The van der Waals surface area contributed by atoms with Gasteiger partial charge in [-0.25, -0.2) is 0 Å². The average molecular weight is 279 g/mol. The highest BCUT2D eigenvalue weighted by Gasteiger charge is 2.52.